The molecule has 8 nitrogen and oxygen atoms in total. The Bertz CT molecular complexity index is 1230. The summed E-state index contributed by atoms with van der Waals surface area (Å²) >= 11 is 0. The number of likely N-dealkylation sites (N-methyl/N-ethyl adjacent to an activating group) is 2. The first-order valence-electron chi connectivity index (χ1n) is 13.7. The maximum atomic E-state index is 4.53. The van der Waals surface area contributed by atoms with E-state index in [0.717, 1.165) is 83.8 Å². The fourth-order valence-electron chi connectivity index (χ4n) is 4.36. The summed E-state index contributed by atoms with van der Waals surface area (Å²) in [6.45, 7) is 12.5. The maximum Gasteiger partial charge on any atom is 0.137 e. The molecule has 0 unspecified atom stereocenters. The average molecular weight is 515 g/mol. The number of fused-ring (bicyclic) bond motifs is 2. The average Bonchev–Trinajstić information content (AvgIpc) is 2.90. The number of nitrogens with zero attached hydrogens (tertiary/aromatic N) is 6. The molecule has 2 N–H and O–H groups in total. The molecule has 2 aromatic heterocycles. The number of rotatable bonds is 13. The summed E-state index contributed by atoms with van der Waals surface area (Å²) in [6, 6.07) is 12.8. The van der Waals surface area contributed by atoms with Gasteiger partial charge in [-0.15, -0.1) is 0 Å². The Kier molecular flexibility index (Phi) is 9.15. The molecule has 4 aromatic rings. The SMILES string of the molecule is CC(C)CCNc1ncnc2cc(N(C)CCN(C)c3ccc4c(NCCC(C)C)ncnc4c3)ccc12. The third-order valence-corrected chi connectivity index (χ3v) is 6.92. The van der Waals surface area contributed by atoms with Crippen LogP contribution in [0, 0.1) is 11.8 Å². The first-order chi connectivity index (χ1) is 18.3. The molecule has 0 radical (unpaired) electrons. The second-order valence-electron chi connectivity index (χ2n) is 10.9. The van der Waals surface area contributed by atoms with Crippen LogP contribution in [-0.2, 0) is 0 Å². The van der Waals surface area contributed by atoms with Gasteiger partial charge in [0, 0.05) is 62.4 Å². The summed E-state index contributed by atoms with van der Waals surface area (Å²) in [5.74, 6) is 3.13. The van der Waals surface area contributed by atoms with Crippen molar-refractivity contribution in [3.63, 3.8) is 0 Å². The minimum absolute atomic E-state index is 0.658. The van der Waals surface area contributed by atoms with Crippen LogP contribution in [0.15, 0.2) is 49.1 Å². The van der Waals surface area contributed by atoms with Crippen LogP contribution in [0.2, 0.25) is 0 Å². The Morgan fingerprint density at radius 3 is 1.45 bits per heavy atom. The van der Waals surface area contributed by atoms with Gasteiger partial charge in [0.25, 0.3) is 0 Å². The normalized spacial score (nSPS) is 11.5. The van der Waals surface area contributed by atoms with Crippen molar-refractivity contribution in [3.8, 4) is 0 Å². The predicted octanol–water partition coefficient (Wildman–Crippen LogP) is 6.06. The number of anilines is 4. The summed E-state index contributed by atoms with van der Waals surface area (Å²) in [5.41, 5.74) is 4.19. The van der Waals surface area contributed by atoms with Gasteiger partial charge in [-0.2, -0.15) is 0 Å². The third kappa shape index (κ3) is 7.00. The van der Waals surface area contributed by atoms with Crippen molar-refractivity contribution >= 4 is 44.8 Å². The topological polar surface area (TPSA) is 82.1 Å². The van der Waals surface area contributed by atoms with Crippen LogP contribution in [-0.4, -0.2) is 60.2 Å². The molecule has 0 aliphatic carbocycles. The highest BCUT2D eigenvalue weighted by molar-refractivity contribution is 5.92. The second kappa shape index (κ2) is 12.7. The Labute approximate surface area is 226 Å². The van der Waals surface area contributed by atoms with Gasteiger partial charge in [-0.25, -0.2) is 19.9 Å². The highest BCUT2D eigenvalue weighted by atomic mass is 15.2. The zero-order valence-corrected chi connectivity index (χ0v) is 23.7. The van der Waals surface area contributed by atoms with Crippen molar-refractivity contribution in [2.75, 3.05) is 60.7 Å². The molecule has 0 atom stereocenters. The molecule has 0 amide bonds. The molecule has 2 heterocycles. The first kappa shape index (κ1) is 27.4. The van der Waals surface area contributed by atoms with Gasteiger partial charge in [0.1, 0.15) is 24.3 Å². The summed E-state index contributed by atoms with van der Waals surface area (Å²) in [7, 11) is 4.25. The molecule has 0 fully saturated rings. The predicted molar refractivity (Wildman–Crippen MR) is 162 cm³/mol. The Hall–Kier alpha value is -3.68. The summed E-state index contributed by atoms with van der Waals surface area (Å²) < 4.78 is 0. The molecule has 2 aromatic carbocycles. The lowest BCUT2D eigenvalue weighted by atomic mass is 10.1. The van der Waals surface area contributed by atoms with E-state index in [4.69, 9.17) is 0 Å². The van der Waals surface area contributed by atoms with Gasteiger partial charge in [-0.3, -0.25) is 0 Å². The molecule has 202 valence electrons. The molecule has 0 saturated carbocycles. The van der Waals surface area contributed by atoms with E-state index in [0.29, 0.717) is 11.8 Å². The summed E-state index contributed by atoms with van der Waals surface area (Å²) in [6.07, 6.45) is 5.51. The van der Waals surface area contributed by atoms with Crippen LogP contribution in [0.3, 0.4) is 0 Å². The zero-order chi connectivity index (χ0) is 27.1. The van der Waals surface area contributed by atoms with E-state index in [-0.39, 0.29) is 0 Å². The van der Waals surface area contributed by atoms with Crippen LogP contribution < -0.4 is 20.4 Å². The fraction of sp³-hybridized carbons (Fsp3) is 0.467. The second-order valence-corrected chi connectivity index (χ2v) is 10.9. The Balaban J connectivity index is 1.39. The van der Waals surface area contributed by atoms with Crippen LogP contribution in [0.4, 0.5) is 23.0 Å². The molecule has 0 saturated heterocycles. The molecule has 8 heteroatoms. The van der Waals surface area contributed by atoms with Gasteiger partial charge in [0.05, 0.1) is 11.0 Å². The molecule has 0 aliphatic rings. The molecular formula is C30H42N8. The van der Waals surface area contributed by atoms with Gasteiger partial charge in [-0.05, 0) is 61.1 Å². The van der Waals surface area contributed by atoms with Crippen molar-refractivity contribution in [1.29, 1.82) is 0 Å². The van der Waals surface area contributed by atoms with E-state index >= 15 is 0 Å². The number of nitrogens with one attached hydrogen (secondary N) is 2. The van der Waals surface area contributed by atoms with Crippen molar-refractivity contribution in [1.82, 2.24) is 19.9 Å². The van der Waals surface area contributed by atoms with E-state index in [9.17, 15) is 0 Å². The van der Waals surface area contributed by atoms with E-state index in [1.165, 1.54) is 0 Å². The van der Waals surface area contributed by atoms with E-state index in [1.807, 2.05) is 0 Å². The van der Waals surface area contributed by atoms with Crippen molar-refractivity contribution in [2.24, 2.45) is 11.8 Å². The Morgan fingerprint density at radius 1 is 0.632 bits per heavy atom. The van der Waals surface area contributed by atoms with E-state index in [2.05, 4.69) is 119 Å². The van der Waals surface area contributed by atoms with Gasteiger partial charge in [0.15, 0.2) is 0 Å². The van der Waals surface area contributed by atoms with Crippen molar-refractivity contribution < 1.29 is 0 Å². The number of benzene rings is 2. The standard InChI is InChI=1S/C30H42N8/c1-21(2)11-13-31-29-25-9-7-23(17-27(25)33-19-35-29)37(5)15-16-38(6)24-8-10-26-28(18-24)34-20-36-30(26)32-14-12-22(3)4/h7-10,17-22H,11-16H2,1-6H3,(H,31,33,35)(H,32,34,36). The molecule has 0 bridgehead atoms. The van der Waals surface area contributed by atoms with Crippen molar-refractivity contribution in [2.45, 2.75) is 40.5 Å². The van der Waals surface area contributed by atoms with Gasteiger partial charge in [-0.1, -0.05) is 27.7 Å². The van der Waals surface area contributed by atoms with Gasteiger partial charge >= 0.3 is 0 Å². The number of hydrogen-bond donors (Lipinski definition) is 2. The quantitative estimate of drug-likeness (QED) is 0.223. The third-order valence-electron chi connectivity index (χ3n) is 6.92. The summed E-state index contributed by atoms with van der Waals surface area (Å²) in [5, 5.41) is 9.06. The van der Waals surface area contributed by atoms with Gasteiger partial charge in [0.2, 0.25) is 0 Å². The first-order valence-corrected chi connectivity index (χ1v) is 13.7. The Morgan fingerprint density at radius 2 is 1.05 bits per heavy atom. The highest BCUT2D eigenvalue weighted by Gasteiger charge is 2.11. The van der Waals surface area contributed by atoms with E-state index in [1.54, 1.807) is 12.7 Å². The fourth-order valence-corrected chi connectivity index (χ4v) is 4.36. The van der Waals surface area contributed by atoms with Crippen LogP contribution in [0.25, 0.3) is 21.8 Å². The number of aromatic nitrogens is 4. The summed E-state index contributed by atoms with van der Waals surface area (Å²) in [4.78, 5) is 22.5. The van der Waals surface area contributed by atoms with Crippen LogP contribution in [0.5, 0.6) is 0 Å². The lowest BCUT2D eigenvalue weighted by Crippen LogP contribution is -2.30. The van der Waals surface area contributed by atoms with Crippen LogP contribution in [0.1, 0.15) is 40.5 Å². The molecular weight excluding hydrogens is 472 g/mol. The maximum absolute atomic E-state index is 4.53. The monoisotopic (exact) mass is 514 g/mol. The number of hydrogen-bond acceptors (Lipinski definition) is 8. The van der Waals surface area contributed by atoms with Gasteiger partial charge < -0.3 is 20.4 Å². The van der Waals surface area contributed by atoms with Crippen LogP contribution >= 0.6 is 0 Å². The minimum Gasteiger partial charge on any atom is -0.373 e. The molecule has 38 heavy (non-hydrogen) atoms. The largest absolute Gasteiger partial charge is 0.373 e. The van der Waals surface area contributed by atoms with Crippen molar-refractivity contribution in [3.05, 3.63) is 49.1 Å². The lowest BCUT2D eigenvalue weighted by Gasteiger charge is -2.25. The highest BCUT2D eigenvalue weighted by Crippen LogP contribution is 2.26. The molecule has 4 rings (SSSR count). The van der Waals surface area contributed by atoms with E-state index < -0.39 is 0 Å². The molecule has 0 spiro atoms. The lowest BCUT2D eigenvalue weighted by molar-refractivity contribution is 0.606. The smallest absolute Gasteiger partial charge is 0.137 e. The molecule has 0 aliphatic heterocycles. The minimum atomic E-state index is 0.658. The zero-order valence-electron chi connectivity index (χ0n) is 23.7.